The first kappa shape index (κ1) is 20.6. The van der Waals surface area contributed by atoms with Gasteiger partial charge in [-0.3, -0.25) is 4.79 Å². The van der Waals surface area contributed by atoms with Gasteiger partial charge in [0.15, 0.2) is 0 Å². The number of aryl methyl sites for hydroxylation is 1. The fourth-order valence-electron chi connectivity index (χ4n) is 4.29. The van der Waals surface area contributed by atoms with Crippen LogP contribution in [0.1, 0.15) is 47.4 Å². The molecule has 0 bridgehead atoms. The first-order valence-electron chi connectivity index (χ1n) is 9.63. The quantitative estimate of drug-likeness (QED) is 0.796. The van der Waals surface area contributed by atoms with E-state index in [1.807, 2.05) is 12.1 Å². The average Bonchev–Trinajstić information content (AvgIpc) is 2.70. The SMILES string of the molecule is COc1ccc2c(c1)CCCC2CC(=O)Nc1ccc2c(c1F)CCNC2.Cl. The highest BCUT2D eigenvalue weighted by Gasteiger charge is 2.24. The van der Waals surface area contributed by atoms with E-state index >= 15 is 0 Å². The molecule has 1 amide bonds. The van der Waals surface area contributed by atoms with Crippen molar-refractivity contribution in [3.63, 3.8) is 0 Å². The molecule has 1 aliphatic carbocycles. The molecule has 0 spiro atoms. The molecule has 2 aliphatic rings. The van der Waals surface area contributed by atoms with Gasteiger partial charge in [-0.05, 0) is 78.6 Å². The summed E-state index contributed by atoms with van der Waals surface area (Å²) in [5.74, 6) is 0.613. The number of anilines is 1. The Balaban J connectivity index is 0.00000225. The molecule has 2 aromatic rings. The molecule has 0 saturated carbocycles. The summed E-state index contributed by atoms with van der Waals surface area (Å²) in [6.07, 6.45) is 4.07. The third-order valence-corrected chi connectivity index (χ3v) is 5.70. The van der Waals surface area contributed by atoms with E-state index in [1.54, 1.807) is 13.2 Å². The fourth-order valence-corrected chi connectivity index (χ4v) is 4.29. The van der Waals surface area contributed by atoms with Gasteiger partial charge in [-0.2, -0.15) is 0 Å². The number of carbonyl (C=O) groups excluding carboxylic acids is 1. The molecule has 0 fully saturated rings. The van der Waals surface area contributed by atoms with Crippen molar-refractivity contribution >= 4 is 24.0 Å². The summed E-state index contributed by atoms with van der Waals surface area (Å²) in [6, 6.07) is 9.67. The van der Waals surface area contributed by atoms with Crippen molar-refractivity contribution in [2.75, 3.05) is 19.0 Å². The maximum Gasteiger partial charge on any atom is 0.225 e. The Morgan fingerprint density at radius 3 is 2.93 bits per heavy atom. The minimum atomic E-state index is -0.281. The Bertz CT molecular complexity index is 872. The second kappa shape index (κ2) is 8.93. The van der Waals surface area contributed by atoms with Crippen LogP contribution in [0.4, 0.5) is 10.1 Å². The minimum Gasteiger partial charge on any atom is -0.497 e. The maximum absolute atomic E-state index is 14.8. The highest BCUT2D eigenvalue weighted by atomic mass is 35.5. The molecule has 1 unspecified atom stereocenters. The summed E-state index contributed by atoms with van der Waals surface area (Å²) < 4.78 is 20.1. The van der Waals surface area contributed by atoms with Gasteiger partial charge in [0, 0.05) is 13.0 Å². The molecule has 4 rings (SSSR count). The van der Waals surface area contributed by atoms with Gasteiger partial charge in [-0.1, -0.05) is 12.1 Å². The summed E-state index contributed by atoms with van der Waals surface area (Å²) in [6.45, 7) is 1.45. The predicted molar refractivity (Wildman–Crippen MR) is 111 cm³/mol. The van der Waals surface area contributed by atoms with E-state index in [0.717, 1.165) is 42.7 Å². The van der Waals surface area contributed by atoms with Gasteiger partial charge in [0.1, 0.15) is 11.6 Å². The van der Waals surface area contributed by atoms with Crippen molar-refractivity contribution in [1.29, 1.82) is 0 Å². The monoisotopic (exact) mass is 404 g/mol. The van der Waals surface area contributed by atoms with Gasteiger partial charge in [0.2, 0.25) is 5.91 Å². The molecule has 6 heteroatoms. The minimum absolute atomic E-state index is 0. The van der Waals surface area contributed by atoms with Crippen LogP contribution in [0.3, 0.4) is 0 Å². The lowest BCUT2D eigenvalue weighted by atomic mass is 9.81. The van der Waals surface area contributed by atoms with Crippen LogP contribution in [-0.2, 0) is 24.2 Å². The Hall–Kier alpha value is -2.11. The second-order valence-electron chi connectivity index (χ2n) is 7.40. The third kappa shape index (κ3) is 4.15. The molecule has 0 saturated heterocycles. The highest BCUT2D eigenvalue weighted by Crippen LogP contribution is 2.36. The van der Waals surface area contributed by atoms with Crippen LogP contribution in [0, 0.1) is 5.82 Å². The number of carbonyl (C=O) groups is 1. The molecule has 2 aromatic carbocycles. The zero-order chi connectivity index (χ0) is 18.8. The summed E-state index contributed by atoms with van der Waals surface area (Å²) in [5, 5.41) is 6.04. The van der Waals surface area contributed by atoms with Crippen molar-refractivity contribution in [3.8, 4) is 5.75 Å². The summed E-state index contributed by atoms with van der Waals surface area (Å²) in [5.41, 5.74) is 4.47. The first-order valence-corrected chi connectivity index (χ1v) is 9.63. The normalized spacial score (nSPS) is 17.7. The molecule has 1 atom stereocenters. The number of hydrogen-bond donors (Lipinski definition) is 2. The van der Waals surface area contributed by atoms with Crippen LogP contribution in [-0.4, -0.2) is 19.6 Å². The number of methoxy groups -OCH3 is 1. The van der Waals surface area contributed by atoms with E-state index in [4.69, 9.17) is 4.74 Å². The number of hydrogen-bond acceptors (Lipinski definition) is 3. The van der Waals surface area contributed by atoms with Crippen LogP contribution in [0.15, 0.2) is 30.3 Å². The zero-order valence-corrected chi connectivity index (χ0v) is 16.8. The molecule has 2 N–H and O–H groups in total. The van der Waals surface area contributed by atoms with E-state index in [1.165, 1.54) is 11.1 Å². The topological polar surface area (TPSA) is 50.4 Å². The number of ether oxygens (including phenoxy) is 1. The predicted octanol–water partition coefficient (Wildman–Crippen LogP) is 4.35. The number of benzene rings is 2. The average molecular weight is 405 g/mol. The van der Waals surface area contributed by atoms with Gasteiger partial charge in [-0.25, -0.2) is 4.39 Å². The number of amides is 1. The number of fused-ring (bicyclic) bond motifs is 2. The van der Waals surface area contributed by atoms with Crippen molar-refractivity contribution in [3.05, 3.63) is 58.4 Å². The van der Waals surface area contributed by atoms with Crippen molar-refractivity contribution in [2.45, 2.75) is 44.6 Å². The molecular weight excluding hydrogens is 379 g/mol. The van der Waals surface area contributed by atoms with E-state index in [9.17, 15) is 9.18 Å². The van der Waals surface area contributed by atoms with E-state index in [-0.39, 0.29) is 30.0 Å². The molecule has 1 heterocycles. The first-order chi connectivity index (χ1) is 13.2. The fraction of sp³-hybridized carbons (Fsp3) is 0.409. The van der Waals surface area contributed by atoms with Gasteiger partial charge in [0.25, 0.3) is 0 Å². The lowest BCUT2D eigenvalue weighted by molar-refractivity contribution is -0.116. The zero-order valence-electron chi connectivity index (χ0n) is 16.0. The molecule has 28 heavy (non-hydrogen) atoms. The Morgan fingerprint density at radius 1 is 1.25 bits per heavy atom. The van der Waals surface area contributed by atoms with Gasteiger partial charge in [0.05, 0.1) is 12.8 Å². The largest absolute Gasteiger partial charge is 0.497 e. The van der Waals surface area contributed by atoms with E-state index < -0.39 is 0 Å². The molecule has 1 aliphatic heterocycles. The van der Waals surface area contributed by atoms with Gasteiger partial charge < -0.3 is 15.4 Å². The molecule has 0 aromatic heterocycles. The van der Waals surface area contributed by atoms with Crippen LogP contribution in [0.25, 0.3) is 0 Å². The summed E-state index contributed by atoms with van der Waals surface area (Å²) in [4.78, 5) is 12.6. The lowest BCUT2D eigenvalue weighted by Crippen LogP contribution is -2.25. The van der Waals surface area contributed by atoms with E-state index in [0.29, 0.717) is 25.1 Å². The molecule has 150 valence electrons. The summed E-state index contributed by atoms with van der Waals surface area (Å²) in [7, 11) is 1.67. The smallest absolute Gasteiger partial charge is 0.225 e. The molecular formula is C22H26ClFN2O2. The van der Waals surface area contributed by atoms with Gasteiger partial charge in [-0.15, -0.1) is 12.4 Å². The number of halogens is 2. The Kier molecular flexibility index (Phi) is 6.57. The maximum atomic E-state index is 14.8. The van der Waals surface area contributed by atoms with Crippen LogP contribution >= 0.6 is 12.4 Å². The Labute approximate surface area is 171 Å². The molecule has 4 nitrogen and oxygen atoms in total. The highest BCUT2D eigenvalue weighted by molar-refractivity contribution is 5.91. The standard InChI is InChI=1S/C22H25FN2O2.ClH/c1-27-17-6-7-18-14(11-17)3-2-4-15(18)12-21(26)25-20-8-5-16-13-24-10-9-19(16)22(20)23;/h5-8,11,15,24H,2-4,9-10,12-13H2,1H3,(H,25,26);1H. The van der Waals surface area contributed by atoms with Crippen LogP contribution < -0.4 is 15.4 Å². The third-order valence-electron chi connectivity index (χ3n) is 5.70. The molecule has 0 radical (unpaired) electrons. The van der Waals surface area contributed by atoms with Gasteiger partial charge >= 0.3 is 0 Å². The second-order valence-corrected chi connectivity index (χ2v) is 7.40. The Morgan fingerprint density at radius 2 is 2.11 bits per heavy atom. The van der Waals surface area contributed by atoms with Crippen molar-refractivity contribution in [1.82, 2.24) is 5.32 Å². The van der Waals surface area contributed by atoms with Crippen LogP contribution in [0.2, 0.25) is 0 Å². The number of rotatable bonds is 4. The van der Waals surface area contributed by atoms with Crippen molar-refractivity contribution < 1.29 is 13.9 Å². The van der Waals surface area contributed by atoms with Crippen molar-refractivity contribution in [2.24, 2.45) is 0 Å². The van der Waals surface area contributed by atoms with E-state index in [2.05, 4.69) is 22.8 Å². The number of nitrogens with one attached hydrogen (secondary N) is 2. The van der Waals surface area contributed by atoms with Crippen LogP contribution in [0.5, 0.6) is 5.75 Å². The lowest BCUT2D eigenvalue weighted by Gasteiger charge is -2.26. The summed E-state index contributed by atoms with van der Waals surface area (Å²) >= 11 is 0.